The quantitative estimate of drug-likeness (QED) is 0.843. The minimum atomic E-state index is 0.769. The molecule has 1 saturated carbocycles. The van der Waals surface area contributed by atoms with Crippen molar-refractivity contribution in [3.05, 3.63) is 11.4 Å². The largest absolute Gasteiger partial charge is 0.356 e. The SMILES string of the molecule is CCCNc1nc(N(CC)CC2CC2)c2ccsc2n1. The van der Waals surface area contributed by atoms with Crippen LogP contribution >= 0.6 is 11.3 Å². The van der Waals surface area contributed by atoms with Crippen molar-refractivity contribution in [2.75, 3.05) is 29.9 Å². The van der Waals surface area contributed by atoms with Crippen molar-refractivity contribution in [1.29, 1.82) is 0 Å². The molecule has 0 atom stereocenters. The summed E-state index contributed by atoms with van der Waals surface area (Å²) in [5, 5.41) is 6.62. The summed E-state index contributed by atoms with van der Waals surface area (Å²) in [6, 6.07) is 2.15. The second kappa shape index (κ2) is 5.95. The fourth-order valence-electron chi connectivity index (χ4n) is 2.37. The molecular weight excluding hydrogens is 268 g/mol. The van der Waals surface area contributed by atoms with Gasteiger partial charge in [0.25, 0.3) is 0 Å². The predicted molar refractivity (Wildman–Crippen MR) is 86.8 cm³/mol. The molecule has 4 nitrogen and oxygen atoms in total. The van der Waals surface area contributed by atoms with Gasteiger partial charge < -0.3 is 10.2 Å². The average Bonchev–Trinajstić information content (AvgIpc) is 3.16. The predicted octanol–water partition coefficient (Wildman–Crippen LogP) is 3.75. The molecule has 1 aliphatic carbocycles. The summed E-state index contributed by atoms with van der Waals surface area (Å²) in [6.07, 6.45) is 3.82. The number of hydrogen-bond acceptors (Lipinski definition) is 5. The van der Waals surface area contributed by atoms with E-state index in [0.717, 1.165) is 48.6 Å². The van der Waals surface area contributed by atoms with Crippen LogP contribution < -0.4 is 10.2 Å². The zero-order valence-electron chi connectivity index (χ0n) is 12.2. The molecule has 0 bridgehead atoms. The zero-order chi connectivity index (χ0) is 13.9. The first-order valence-electron chi connectivity index (χ1n) is 7.55. The number of nitrogens with zero attached hydrogens (tertiary/aromatic N) is 3. The summed E-state index contributed by atoms with van der Waals surface area (Å²) in [7, 11) is 0. The lowest BCUT2D eigenvalue weighted by atomic mass is 10.3. The van der Waals surface area contributed by atoms with Crippen LogP contribution in [0.15, 0.2) is 11.4 Å². The Bertz CT molecular complexity index is 576. The smallest absolute Gasteiger partial charge is 0.226 e. The topological polar surface area (TPSA) is 41.1 Å². The molecule has 0 radical (unpaired) electrons. The van der Waals surface area contributed by atoms with E-state index in [-0.39, 0.29) is 0 Å². The van der Waals surface area contributed by atoms with Gasteiger partial charge in [-0.05, 0) is 43.6 Å². The summed E-state index contributed by atoms with van der Waals surface area (Å²) in [6.45, 7) is 7.42. The molecule has 2 aromatic heterocycles. The van der Waals surface area contributed by atoms with Crippen molar-refractivity contribution in [2.45, 2.75) is 33.1 Å². The fraction of sp³-hybridized carbons (Fsp3) is 0.600. The van der Waals surface area contributed by atoms with Crippen molar-refractivity contribution in [2.24, 2.45) is 5.92 Å². The Hall–Kier alpha value is -1.36. The van der Waals surface area contributed by atoms with Gasteiger partial charge in [0, 0.05) is 19.6 Å². The molecule has 0 unspecified atom stereocenters. The van der Waals surface area contributed by atoms with E-state index in [9.17, 15) is 0 Å². The van der Waals surface area contributed by atoms with Crippen LogP contribution in [-0.4, -0.2) is 29.6 Å². The zero-order valence-corrected chi connectivity index (χ0v) is 13.0. The Kier molecular flexibility index (Phi) is 4.05. The normalized spacial score (nSPS) is 14.7. The maximum Gasteiger partial charge on any atom is 0.226 e. The Balaban J connectivity index is 1.94. The van der Waals surface area contributed by atoms with Crippen LogP contribution in [0.3, 0.4) is 0 Å². The third-order valence-corrected chi connectivity index (χ3v) is 4.50. The van der Waals surface area contributed by atoms with Gasteiger partial charge in [0.05, 0.1) is 5.39 Å². The van der Waals surface area contributed by atoms with Crippen molar-refractivity contribution in [3.63, 3.8) is 0 Å². The van der Waals surface area contributed by atoms with Crippen LogP contribution in [-0.2, 0) is 0 Å². The van der Waals surface area contributed by atoms with Crippen LogP contribution in [0.5, 0.6) is 0 Å². The van der Waals surface area contributed by atoms with Crippen LogP contribution in [0.4, 0.5) is 11.8 Å². The van der Waals surface area contributed by atoms with E-state index in [1.54, 1.807) is 11.3 Å². The number of fused-ring (bicyclic) bond motifs is 1. The van der Waals surface area contributed by atoms with Gasteiger partial charge in [0.2, 0.25) is 5.95 Å². The van der Waals surface area contributed by atoms with Crippen LogP contribution in [0.1, 0.15) is 33.1 Å². The summed E-state index contributed by atoms with van der Waals surface area (Å²) in [4.78, 5) is 12.9. The van der Waals surface area contributed by atoms with Gasteiger partial charge in [0.1, 0.15) is 10.6 Å². The standard InChI is InChI=1S/C15H22N4S/c1-3-8-16-15-17-13(12-7-9-20-14(12)18-15)19(4-2)10-11-5-6-11/h7,9,11H,3-6,8,10H2,1-2H3,(H,16,17,18). The second-order valence-corrected chi connectivity index (χ2v) is 6.31. The lowest BCUT2D eigenvalue weighted by Crippen LogP contribution is -2.26. The highest BCUT2D eigenvalue weighted by atomic mass is 32.1. The molecular formula is C15H22N4S. The molecule has 20 heavy (non-hydrogen) atoms. The van der Waals surface area contributed by atoms with E-state index in [1.807, 2.05) is 0 Å². The lowest BCUT2D eigenvalue weighted by molar-refractivity contribution is 0.734. The molecule has 1 aliphatic rings. The number of anilines is 2. The monoisotopic (exact) mass is 290 g/mol. The van der Waals surface area contributed by atoms with Crippen molar-refractivity contribution in [1.82, 2.24) is 9.97 Å². The lowest BCUT2D eigenvalue weighted by Gasteiger charge is -2.23. The molecule has 0 spiro atoms. The number of aromatic nitrogens is 2. The minimum Gasteiger partial charge on any atom is -0.356 e. The molecule has 0 saturated heterocycles. The van der Waals surface area contributed by atoms with E-state index in [0.29, 0.717) is 0 Å². The van der Waals surface area contributed by atoms with Gasteiger partial charge in [-0.15, -0.1) is 11.3 Å². The van der Waals surface area contributed by atoms with Gasteiger partial charge in [-0.2, -0.15) is 4.98 Å². The second-order valence-electron chi connectivity index (χ2n) is 5.42. The highest BCUT2D eigenvalue weighted by molar-refractivity contribution is 7.16. The molecule has 2 aromatic rings. The number of nitrogens with one attached hydrogen (secondary N) is 1. The van der Waals surface area contributed by atoms with E-state index < -0.39 is 0 Å². The number of thiophene rings is 1. The van der Waals surface area contributed by atoms with Crippen LogP contribution in [0.25, 0.3) is 10.2 Å². The Labute approximate surface area is 124 Å². The van der Waals surface area contributed by atoms with E-state index in [1.165, 1.54) is 18.2 Å². The first-order valence-corrected chi connectivity index (χ1v) is 8.43. The van der Waals surface area contributed by atoms with Crippen molar-refractivity contribution < 1.29 is 0 Å². The first-order chi connectivity index (χ1) is 9.81. The maximum absolute atomic E-state index is 4.77. The van der Waals surface area contributed by atoms with Gasteiger partial charge >= 0.3 is 0 Å². The van der Waals surface area contributed by atoms with Gasteiger partial charge in [-0.25, -0.2) is 4.98 Å². The first kappa shape index (κ1) is 13.6. The highest BCUT2D eigenvalue weighted by Crippen LogP contribution is 2.34. The molecule has 1 N–H and O–H groups in total. The number of hydrogen-bond donors (Lipinski definition) is 1. The third kappa shape index (κ3) is 2.87. The minimum absolute atomic E-state index is 0.769. The molecule has 0 aromatic carbocycles. The van der Waals surface area contributed by atoms with E-state index in [2.05, 4.69) is 40.5 Å². The van der Waals surface area contributed by atoms with E-state index in [4.69, 9.17) is 4.98 Å². The van der Waals surface area contributed by atoms with Crippen LogP contribution in [0, 0.1) is 5.92 Å². The van der Waals surface area contributed by atoms with Crippen LogP contribution in [0.2, 0.25) is 0 Å². The molecule has 108 valence electrons. The Morgan fingerprint density at radius 2 is 2.20 bits per heavy atom. The summed E-state index contributed by atoms with van der Waals surface area (Å²) >= 11 is 1.69. The molecule has 3 rings (SSSR count). The third-order valence-electron chi connectivity index (χ3n) is 3.69. The Morgan fingerprint density at radius 3 is 2.90 bits per heavy atom. The Morgan fingerprint density at radius 1 is 1.35 bits per heavy atom. The van der Waals surface area contributed by atoms with Gasteiger partial charge in [0.15, 0.2) is 0 Å². The molecule has 2 heterocycles. The van der Waals surface area contributed by atoms with Crippen molar-refractivity contribution >= 4 is 33.3 Å². The summed E-state index contributed by atoms with van der Waals surface area (Å²) in [5.41, 5.74) is 0. The van der Waals surface area contributed by atoms with Gasteiger partial charge in [-0.1, -0.05) is 6.92 Å². The molecule has 0 amide bonds. The highest BCUT2D eigenvalue weighted by Gasteiger charge is 2.25. The summed E-state index contributed by atoms with van der Waals surface area (Å²) < 4.78 is 0. The van der Waals surface area contributed by atoms with Crippen molar-refractivity contribution in [3.8, 4) is 0 Å². The molecule has 1 fully saturated rings. The molecule has 0 aliphatic heterocycles. The fourth-order valence-corrected chi connectivity index (χ4v) is 3.13. The van der Waals surface area contributed by atoms with E-state index >= 15 is 0 Å². The molecule has 5 heteroatoms. The average molecular weight is 290 g/mol. The number of rotatable bonds is 7. The maximum atomic E-state index is 4.77. The van der Waals surface area contributed by atoms with Gasteiger partial charge in [-0.3, -0.25) is 0 Å². The summed E-state index contributed by atoms with van der Waals surface area (Å²) in [5.74, 6) is 2.74.